The van der Waals surface area contributed by atoms with Crippen molar-refractivity contribution in [1.82, 2.24) is 20.1 Å². The molecule has 3 unspecified atom stereocenters. The molecule has 0 aliphatic carbocycles. The van der Waals surface area contributed by atoms with Crippen LogP contribution in [0.25, 0.3) is 0 Å². The maximum Gasteiger partial charge on any atom is 0.174 e. The van der Waals surface area contributed by atoms with Gasteiger partial charge in [0.2, 0.25) is 0 Å². The van der Waals surface area contributed by atoms with Gasteiger partial charge in [0.25, 0.3) is 0 Å². The first-order valence-corrected chi connectivity index (χ1v) is 8.52. The molecule has 5 heteroatoms. The van der Waals surface area contributed by atoms with Crippen molar-refractivity contribution in [3.63, 3.8) is 0 Å². The van der Waals surface area contributed by atoms with E-state index in [4.69, 9.17) is 4.74 Å². The summed E-state index contributed by atoms with van der Waals surface area (Å²) in [6, 6.07) is 7.29. The van der Waals surface area contributed by atoms with Crippen LogP contribution in [0.2, 0.25) is 0 Å². The van der Waals surface area contributed by atoms with Gasteiger partial charge in [-0.3, -0.25) is 0 Å². The van der Waals surface area contributed by atoms with Gasteiger partial charge in [-0.2, -0.15) is 0 Å². The van der Waals surface area contributed by atoms with Crippen LogP contribution in [-0.4, -0.2) is 26.8 Å². The maximum absolute atomic E-state index is 6.21. The molecule has 1 aromatic heterocycles. The summed E-state index contributed by atoms with van der Waals surface area (Å²) in [5, 5.41) is 12.6. The van der Waals surface area contributed by atoms with Crippen molar-refractivity contribution < 1.29 is 4.74 Å². The van der Waals surface area contributed by atoms with E-state index in [1.807, 2.05) is 12.1 Å². The van der Waals surface area contributed by atoms with E-state index in [9.17, 15) is 0 Å². The molecule has 1 fully saturated rings. The van der Waals surface area contributed by atoms with Crippen molar-refractivity contribution in [3.05, 3.63) is 41.0 Å². The van der Waals surface area contributed by atoms with Gasteiger partial charge in [-0.15, -0.1) is 10.2 Å². The Hall–Kier alpha value is -1.88. The zero-order valence-electron chi connectivity index (χ0n) is 14.0. The summed E-state index contributed by atoms with van der Waals surface area (Å²) < 4.78 is 8.48. The summed E-state index contributed by atoms with van der Waals surface area (Å²) in [5.41, 5.74) is 2.44. The van der Waals surface area contributed by atoms with Crippen molar-refractivity contribution in [2.75, 3.05) is 0 Å². The summed E-state index contributed by atoms with van der Waals surface area (Å²) in [4.78, 5) is 0. The highest BCUT2D eigenvalue weighted by molar-refractivity contribution is 5.38. The van der Waals surface area contributed by atoms with Crippen LogP contribution >= 0.6 is 0 Å². The lowest BCUT2D eigenvalue weighted by Crippen LogP contribution is -2.30. The summed E-state index contributed by atoms with van der Waals surface area (Å²) >= 11 is 0. The first-order chi connectivity index (χ1) is 11.1. The van der Waals surface area contributed by atoms with E-state index < -0.39 is 0 Å². The molecule has 23 heavy (non-hydrogen) atoms. The van der Waals surface area contributed by atoms with Crippen LogP contribution in [0, 0.1) is 13.8 Å². The van der Waals surface area contributed by atoms with Gasteiger partial charge in [-0.1, -0.05) is 12.1 Å². The van der Waals surface area contributed by atoms with Gasteiger partial charge in [0.15, 0.2) is 11.9 Å². The van der Waals surface area contributed by atoms with Gasteiger partial charge in [0.05, 0.1) is 0 Å². The fourth-order valence-electron chi connectivity index (χ4n) is 3.74. The Morgan fingerprint density at radius 2 is 2.04 bits per heavy atom. The number of rotatable bonds is 3. The molecule has 1 aromatic carbocycles. The maximum atomic E-state index is 6.21. The third kappa shape index (κ3) is 2.63. The molecule has 2 bridgehead atoms. The van der Waals surface area contributed by atoms with Gasteiger partial charge >= 0.3 is 0 Å². The Bertz CT molecular complexity index is 724. The third-order valence-electron chi connectivity index (χ3n) is 5.25. The van der Waals surface area contributed by atoms with Gasteiger partial charge in [-0.05, 0) is 50.8 Å². The quantitative estimate of drug-likeness (QED) is 0.947. The Kier molecular flexibility index (Phi) is 3.60. The molecule has 5 nitrogen and oxygen atoms in total. The Balaban J connectivity index is 1.60. The highest BCUT2D eigenvalue weighted by atomic mass is 16.5. The van der Waals surface area contributed by atoms with Crippen LogP contribution in [0.5, 0.6) is 5.75 Å². The largest absolute Gasteiger partial charge is 0.482 e. The molecule has 3 heterocycles. The van der Waals surface area contributed by atoms with Gasteiger partial charge in [0.1, 0.15) is 11.6 Å². The number of hydrogen-bond acceptors (Lipinski definition) is 4. The van der Waals surface area contributed by atoms with E-state index in [-0.39, 0.29) is 6.10 Å². The Morgan fingerprint density at radius 3 is 2.91 bits per heavy atom. The number of fused-ring (bicyclic) bond motifs is 3. The molecule has 3 atom stereocenters. The molecule has 2 aliphatic rings. The molecular formula is C18H24N4O. The van der Waals surface area contributed by atoms with Crippen LogP contribution in [0.4, 0.5) is 0 Å². The number of hydrogen-bond donors (Lipinski definition) is 1. The molecule has 0 amide bonds. The first kappa shape index (κ1) is 14.7. The van der Waals surface area contributed by atoms with Crippen molar-refractivity contribution in [1.29, 1.82) is 0 Å². The van der Waals surface area contributed by atoms with E-state index in [0.29, 0.717) is 12.1 Å². The van der Waals surface area contributed by atoms with Crippen LogP contribution in [-0.2, 0) is 13.0 Å². The lowest BCUT2D eigenvalue weighted by molar-refractivity contribution is 0.207. The van der Waals surface area contributed by atoms with Crippen molar-refractivity contribution in [2.24, 2.45) is 0 Å². The number of nitrogens with one attached hydrogen (secondary N) is 1. The monoisotopic (exact) mass is 312 g/mol. The predicted molar refractivity (Wildman–Crippen MR) is 88.6 cm³/mol. The smallest absolute Gasteiger partial charge is 0.174 e. The SMILES string of the molecule is Cc1cccc(OC(C)c2nnc3n2CC2CCC(C3)N2)c1C. The molecule has 1 saturated heterocycles. The average molecular weight is 312 g/mol. The molecule has 0 saturated carbocycles. The average Bonchev–Trinajstić information content (AvgIpc) is 3.07. The Labute approximate surface area is 137 Å². The third-order valence-corrected chi connectivity index (χ3v) is 5.25. The lowest BCUT2D eigenvalue weighted by atomic mass is 10.1. The van der Waals surface area contributed by atoms with Crippen LogP contribution in [0.3, 0.4) is 0 Å². The standard InChI is InChI=1S/C18H24N4O/c1-11-5-4-6-16(12(11)2)23-13(3)18-21-20-17-9-14-7-8-15(19-14)10-22(17)18/h4-6,13-15,19H,7-10H2,1-3H3. The highest BCUT2D eigenvalue weighted by Gasteiger charge is 2.32. The number of aryl methyl sites for hydroxylation is 1. The second kappa shape index (κ2) is 5.64. The normalized spacial score (nSPS) is 24.1. The molecule has 2 aromatic rings. The number of aromatic nitrogens is 3. The zero-order valence-corrected chi connectivity index (χ0v) is 14.0. The van der Waals surface area contributed by atoms with Crippen molar-refractivity contribution in [3.8, 4) is 5.75 Å². The molecule has 122 valence electrons. The van der Waals surface area contributed by atoms with Gasteiger partial charge < -0.3 is 14.6 Å². The second-order valence-corrected chi connectivity index (χ2v) is 6.89. The van der Waals surface area contributed by atoms with Crippen LogP contribution in [0.1, 0.15) is 48.6 Å². The fraction of sp³-hybridized carbons (Fsp3) is 0.556. The summed E-state index contributed by atoms with van der Waals surface area (Å²) in [6.45, 7) is 7.23. The number of ether oxygens (including phenoxy) is 1. The van der Waals surface area contributed by atoms with E-state index in [2.05, 4.69) is 46.9 Å². The minimum atomic E-state index is -0.103. The molecule has 0 spiro atoms. The van der Waals surface area contributed by atoms with Crippen molar-refractivity contribution in [2.45, 2.75) is 64.8 Å². The zero-order chi connectivity index (χ0) is 16.0. The fourth-order valence-corrected chi connectivity index (χ4v) is 3.74. The minimum absolute atomic E-state index is 0.103. The van der Waals surface area contributed by atoms with Gasteiger partial charge in [0, 0.05) is 25.0 Å². The Morgan fingerprint density at radius 1 is 1.22 bits per heavy atom. The highest BCUT2D eigenvalue weighted by Crippen LogP contribution is 2.28. The number of nitrogens with zero attached hydrogens (tertiary/aromatic N) is 3. The summed E-state index contributed by atoms with van der Waals surface area (Å²) in [7, 11) is 0. The van der Waals surface area contributed by atoms with E-state index in [1.165, 1.54) is 24.0 Å². The summed E-state index contributed by atoms with van der Waals surface area (Å²) in [6.07, 6.45) is 3.36. The predicted octanol–water partition coefficient (Wildman–Crippen LogP) is 2.71. The van der Waals surface area contributed by atoms with Crippen LogP contribution < -0.4 is 10.1 Å². The molecular weight excluding hydrogens is 288 g/mol. The molecule has 0 radical (unpaired) electrons. The first-order valence-electron chi connectivity index (χ1n) is 8.52. The second-order valence-electron chi connectivity index (χ2n) is 6.89. The minimum Gasteiger partial charge on any atom is -0.482 e. The molecule has 4 rings (SSSR count). The van der Waals surface area contributed by atoms with Crippen molar-refractivity contribution >= 4 is 0 Å². The van der Waals surface area contributed by atoms with E-state index in [0.717, 1.165) is 30.4 Å². The van der Waals surface area contributed by atoms with E-state index in [1.54, 1.807) is 0 Å². The molecule has 2 aliphatic heterocycles. The van der Waals surface area contributed by atoms with Crippen LogP contribution in [0.15, 0.2) is 18.2 Å². The van der Waals surface area contributed by atoms with Gasteiger partial charge in [-0.25, -0.2) is 0 Å². The molecule has 1 N–H and O–H groups in total. The summed E-state index contributed by atoms with van der Waals surface area (Å²) in [5.74, 6) is 2.97. The topological polar surface area (TPSA) is 52.0 Å². The lowest BCUT2D eigenvalue weighted by Gasteiger charge is -2.19. The van der Waals surface area contributed by atoms with E-state index >= 15 is 0 Å². The number of benzene rings is 1.